The topological polar surface area (TPSA) is 32.0 Å². The predicted octanol–water partition coefficient (Wildman–Crippen LogP) is 14.0. The van der Waals surface area contributed by atoms with Gasteiger partial charge in [-0.2, -0.15) is 0 Å². The Bertz CT molecular complexity index is 3420. The first-order valence-corrected chi connectivity index (χ1v) is 21.6. The summed E-state index contributed by atoms with van der Waals surface area (Å²) in [6.07, 6.45) is 12.7. The van der Waals surface area contributed by atoms with Crippen molar-refractivity contribution in [3.8, 4) is 34.0 Å². The van der Waals surface area contributed by atoms with Gasteiger partial charge in [-0.05, 0) is 93.9 Å². The first-order valence-electron chi connectivity index (χ1n) is 20.8. The molecule has 1 aliphatic heterocycles. The maximum absolute atomic E-state index is 6.65. The Morgan fingerprint density at radius 1 is 0.600 bits per heavy atom. The van der Waals surface area contributed by atoms with Gasteiger partial charge in [0.25, 0.3) is 0 Å². The van der Waals surface area contributed by atoms with Crippen LogP contribution in [0.3, 0.4) is 0 Å². The standard InChI is InChI=1S/C55H37N3OS/c1-2-14-38(15-3-1)58-49-22-9-6-19-46(49)56-55(58)37-13-10-12-36(30-37)40-18-11-23-51-54(40)45-31-34(25-29-50(45)59-51)35-24-27-43-44-28-26-39(33-53(44)60-52(43)32-35)57-47-20-7-4-16-41(47)42-17-5-8-21-48(42)57/h1-32,39,45,50H,33H2. The van der Waals surface area contributed by atoms with Gasteiger partial charge in [-0.25, -0.2) is 4.98 Å². The molecule has 3 atom stereocenters. The maximum atomic E-state index is 6.65. The third-order valence-corrected chi connectivity index (χ3v) is 14.0. The van der Waals surface area contributed by atoms with Crippen molar-refractivity contribution in [2.45, 2.75) is 24.5 Å². The van der Waals surface area contributed by atoms with Gasteiger partial charge >= 0.3 is 0 Å². The van der Waals surface area contributed by atoms with Crippen LogP contribution in [0.1, 0.15) is 33.5 Å². The van der Waals surface area contributed by atoms with Crippen LogP contribution in [0.4, 0.5) is 0 Å². The zero-order valence-corrected chi connectivity index (χ0v) is 33.4. The van der Waals surface area contributed by atoms with Crippen LogP contribution in [-0.2, 0) is 6.42 Å². The van der Waals surface area contributed by atoms with Gasteiger partial charge < -0.3 is 9.30 Å². The Labute approximate surface area is 351 Å². The number of aromatic nitrogens is 3. The molecule has 4 nitrogen and oxygen atoms in total. The Hall–Kier alpha value is -7.21. The van der Waals surface area contributed by atoms with Crippen LogP contribution < -0.4 is 4.74 Å². The quantitative estimate of drug-likeness (QED) is 0.174. The number of imidazole rings is 1. The second kappa shape index (κ2) is 13.2. The summed E-state index contributed by atoms with van der Waals surface area (Å²) in [6.45, 7) is 0. The number of fused-ring (bicyclic) bond motifs is 10. The third kappa shape index (κ3) is 5.12. The van der Waals surface area contributed by atoms with E-state index in [1.165, 1.54) is 64.6 Å². The van der Waals surface area contributed by atoms with Crippen molar-refractivity contribution in [3.63, 3.8) is 0 Å². The molecule has 2 aliphatic carbocycles. The predicted molar refractivity (Wildman–Crippen MR) is 249 cm³/mol. The van der Waals surface area contributed by atoms with Crippen molar-refractivity contribution in [1.82, 2.24) is 14.1 Å². The van der Waals surface area contributed by atoms with Gasteiger partial charge in [0.1, 0.15) is 17.7 Å². The second-order valence-corrected chi connectivity index (χ2v) is 17.3. The number of hydrogen-bond acceptors (Lipinski definition) is 3. The lowest BCUT2D eigenvalue weighted by molar-refractivity contribution is 0.269. The van der Waals surface area contributed by atoms with Crippen LogP contribution >= 0.6 is 11.3 Å². The van der Waals surface area contributed by atoms with Crippen LogP contribution in [0.15, 0.2) is 188 Å². The Balaban J connectivity index is 0.847. The molecule has 0 saturated heterocycles. The zero-order chi connectivity index (χ0) is 39.3. The molecule has 0 bridgehead atoms. The summed E-state index contributed by atoms with van der Waals surface area (Å²) in [6, 6.07) is 59.2. The highest BCUT2D eigenvalue weighted by Gasteiger charge is 2.36. The first kappa shape index (κ1) is 33.7. The third-order valence-electron chi connectivity index (χ3n) is 12.8. The molecule has 284 valence electrons. The van der Waals surface area contributed by atoms with E-state index in [9.17, 15) is 0 Å². The van der Waals surface area contributed by atoms with Crippen LogP contribution in [0.2, 0.25) is 0 Å². The van der Waals surface area contributed by atoms with Crippen molar-refractivity contribution in [2.24, 2.45) is 0 Å². The number of hydrogen-bond donors (Lipinski definition) is 0. The molecule has 0 radical (unpaired) electrons. The monoisotopic (exact) mass is 787 g/mol. The van der Waals surface area contributed by atoms with Crippen molar-refractivity contribution in [1.29, 1.82) is 0 Å². The lowest BCUT2D eigenvalue weighted by atomic mass is 9.83. The smallest absolute Gasteiger partial charge is 0.145 e. The fraction of sp³-hybridized carbons (Fsp3) is 0.0727. The summed E-state index contributed by atoms with van der Waals surface area (Å²) >= 11 is 1.95. The van der Waals surface area contributed by atoms with Gasteiger partial charge in [-0.15, -0.1) is 11.3 Å². The number of para-hydroxylation sites is 5. The van der Waals surface area contributed by atoms with Crippen LogP contribution in [0.25, 0.3) is 82.8 Å². The van der Waals surface area contributed by atoms with Crippen LogP contribution in [-0.4, -0.2) is 20.2 Å². The zero-order valence-electron chi connectivity index (χ0n) is 32.6. The molecule has 0 spiro atoms. The minimum absolute atomic E-state index is 0.0453. The van der Waals surface area contributed by atoms with E-state index >= 15 is 0 Å². The number of rotatable bonds is 5. The SMILES string of the molecule is C1=CC2Oc3cccc(-c4cccc(-c5nc6ccccc6n5-c5ccccc5)c4)c3C2C=C1c1ccc2c3c(sc2c1)CC(n1c2ccccc2c2ccccc21)C=C3. The molecule has 10 aromatic rings. The van der Waals surface area contributed by atoms with Gasteiger partial charge in [0, 0.05) is 60.5 Å². The molecule has 5 heteroatoms. The van der Waals surface area contributed by atoms with Gasteiger partial charge in [0.15, 0.2) is 0 Å². The molecule has 0 saturated carbocycles. The van der Waals surface area contributed by atoms with Crippen molar-refractivity contribution >= 4 is 65.9 Å². The minimum atomic E-state index is -0.0453. The second-order valence-electron chi connectivity index (χ2n) is 16.2. The number of thiophene rings is 1. The van der Waals surface area contributed by atoms with E-state index in [1.807, 2.05) is 11.3 Å². The molecular formula is C55H37N3OS. The molecule has 0 amide bonds. The summed E-state index contributed by atoms with van der Waals surface area (Å²) in [5.74, 6) is 1.98. The molecule has 4 heterocycles. The largest absolute Gasteiger partial charge is 0.485 e. The van der Waals surface area contributed by atoms with Gasteiger partial charge in [-0.1, -0.05) is 133 Å². The first-order chi connectivity index (χ1) is 29.7. The molecule has 13 rings (SSSR count). The summed E-state index contributed by atoms with van der Waals surface area (Å²) in [7, 11) is 0. The Morgan fingerprint density at radius 2 is 1.35 bits per heavy atom. The molecule has 7 aromatic carbocycles. The highest BCUT2D eigenvalue weighted by Crippen LogP contribution is 2.49. The molecule has 3 unspecified atom stereocenters. The average Bonchev–Trinajstić information content (AvgIpc) is 4.07. The van der Waals surface area contributed by atoms with E-state index in [4.69, 9.17) is 9.72 Å². The van der Waals surface area contributed by atoms with E-state index in [-0.39, 0.29) is 18.1 Å². The highest BCUT2D eigenvalue weighted by atomic mass is 32.1. The molecule has 60 heavy (non-hydrogen) atoms. The summed E-state index contributed by atoms with van der Waals surface area (Å²) in [4.78, 5) is 6.62. The number of benzene rings is 7. The molecule has 0 fully saturated rings. The van der Waals surface area contributed by atoms with E-state index in [0.29, 0.717) is 0 Å². The fourth-order valence-electron chi connectivity index (χ4n) is 10.1. The molecule has 3 aliphatic rings. The van der Waals surface area contributed by atoms with E-state index < -0.39 is 0 Å². The van der Waals surface area contributed by atoms with Crippen molar-refractivity contribution in [3.05, 3.63) is 210 Å². The van der Waals surface area contributed by atoms with E-state index in [2.05, 4.69) is 203 Å². The summed E-state index contributed by atoms with van der Waals surface area (Å²) in [5.41, 5.74) is 14.3. The number of allylic oxidation sites excluding steroid dienone is 3. The summed E-state index contributed by atoms with van der Waals surface area (Å²) < 4.78 is 12.8. The van der Waals surface area contributed by atoms with Crippen LogP contribution in [0, 0.1) is 0 Å². The van der Waals surface area contributed by atoms with E-state index in [1.54, 1.807) is 0 Å². The lowest BCUT2D eigenvalue weighted by Crippen LogP contribution is -2.17. The van der Waals surface area contributed by atoms with Gasteiger partial charge in [0.2, 0.25) is 0 Å². The molecule has 0 N–H and O–H groups in total. The van der Waals surface area contributed by atoms with Crippen molar-refractivity contribution < 1.29 is 4.74 Å². The number of ether oxygens (including phenoxy) is 1. The van der Waals surface area contributed by atoms with E-state index in [0.717, 1.165) is 45.8 Å². The fourth-order valence-corrected chi connectivity index (χ4v) is 11.4. The highest BCUT2D eigenvalue weighted by molar-refractivity contribution is 7.19. The lowest BCUT2D eigenvalue weighted by Gasteiger charge is -2.21. The van der Waals surface area contributed by atoms with Crippen molar-refractivity contribution in [2.75, 3.05) is 0 Å². The van der Waals surface area contributed by atoms with Gasteiger partial charge in [0.05, 0.1) is 17.1 Å². The normalized spacial score (nSPS) is 17.9. The molecular weight excluding hydrogens is 751 g/mol. The molecule has 3 aromatic heterocycles. The Morgan fingerprint density at radius 3 is 2.20 bits per heavy atom. The number of nitrogens with zero attached hydrogens (tertiary/aromatic N) is 3. The minimum Gasteiger partial charge on any atom is -0.485 e. The Kier molecular flexibility index (Phi) is 7.39. The van der Waals surface area contributed by atoms with Gasteiger partial charge in [-0.3, -0.25) is 4.57 Å². The average molecular weight is 788 g/mol. The summed E-state index contributed by atoms with van der Waals surface area (Å²) in [5, 5.41) is 3.98. The maximum Gasteiger partial charge on any atom is 0.145 e. The van der Waals surface area contributed by atoms with Crippen LogP contribution in [0.5, 0.6) is 5.75 Å².